The summed E-state index contributed by atoms with van der Waals surface area (Å²) in [6.07, 6.45) is 1.90. The Balaban J connectivity index is 0.00000225. The first kappa shape index (κ1) is 20.1. The molecule has 138 valence electrons. The number of halogens is 1. The zero-order valence-electron chi connectivity index (χ0n) is 15.2. The molecule has 1 aliphatic rings. The Bertz CT molecular complexity index is 652. The van der Waals surface area contributed by atoms with Crippen LogP contribution in [0, 0.1) is 0 Å². The second-order valence-corrected chi connectivity index (χ2v) is 7.60. The third-order valence-electron chi connectivity index (χ3n) is 4.36. The highest BCUT2D eigenvalue weighted by molar-refractivity contribution is 7.09. The van der Waals surface area contributed by atoms with Crippen LogP contribution in [0.3, 0.4) is 0 Å². The van der Waals surface area contributed by atoms with E-state index >= 15 is 0 Å². The lowest BCUT2D eigenvalue weighted by Crippen LogP contribution is -2.45. The van der Waals surface area contributed by atoms with Gasteiger partial charge < -0.3 is 15.1 Å². The maximum Gasteiger partial charge on any atom is 0.133 e. The maximum atomic E-state index is 4.69. The Labute approximate surface area is 160 Å². The molecule has 1 saturated heterocycles. The largest absolute Gasteiger partial charge is 0.354 e. The summed E-state index contributed by atoms with van der Waals surface area (Å²) in [6, 6.07) is 4.20. The predicted molar refractivity (Wildman–Crippen MR) is 108 cm³/mol. The number of thiazole rings is 1. The van der Waals surface area contributed by atoms with Crippen LogP contribution in [-0.2, 0) is 13.1 Å². The first-order valence-electron chi connectivity index (χ1n) is 8.66. The van der Waals surface area contributed by atoms with Gasteiger partial charge in [-0.05, 0) is 13.1 Å². The number of piperazine rings is 1. The van der Waals surface area contributed by atoms with Gasteiger partial charge in [-0.3, -0.25) is 0 Å². The molecule has 0 aliphatic carbocycles. The Morgan fingerprint density at radius 1 is 1.20 bits per heavy atom. The van der Waals surface area contributed by atoms with Crippen molar-refractivity contribution in [2.75, 3.05) is 38.1 Å². The number of pyridine rings is 1. The topological polar surface area (TPSA) is 44.3 Å². The lowest BCUT2D eigenvalue weighted by atomic mass is 10.2. The van der Waals surface area contributed by atoms with Crippen LogP contribution in [0.25, 0.3) is 0 Å². The van der Waals surface area contributed by atoms with Crippen molar-refractivity contribution >= 4 is 29.6 Å². The van der Waals surface area contributed by atoms with E-state index in [9.17, 15) is 0 Å². The molecule has 2 aromatic rings. The third-order valence-corrected chi connectivity index (χ3v) is 5.55. The average molecular weight is 382 g/mol. The van der Waals surface area contributed by atoms with Gasteiger partial charge in [-0.25, -0.2) is 9.97 Å². The predicted octanol–water partition coefficient (Wildman–Crippen LogP) is 3.12. The van der Waals surface area contributed by atoms with Crippen molar-refractivity contribution in [3.05, 3.63) is 40.0 Å². The van der Waals surface area contributed by atoms with E-state index in [0.717, 1.165) is 50.8 Å². The molecule has 7 heteroatoms. The van der Waals surface area contributed by atoms with Gasteiger partial charge in [0.1, 0.15) is 5.82 Å². The van der Waals surface area contributed by atoms with Crippen LogP contribution in [0.1, 0.15) is 36.0 Å². The maximum absolute atomic E-state index is 4.69. The monoisotopic (exact) mass is 381 g/mol. The molecule has 1 aliphatic heterocycles. The van der Waals surface area contributed by atoms with Gasteiger partial charge in [-0.2, -0.15) is 0 Å². The molecule has 25 heavy (non-hydrogen) atoms. The Morgan fingerprint density at radius 3 is 2.64 bits per heavy atom. The van der Waals surface area contributed by atoms with Crippen molar-refractivity contribution < 1.29 is 0 Å². The first-order valence-corrected chi connectivity index (χ1v) is 9.54. The standard InChI is InChI=1S/C18H27N5S.ClH/c1-14(2)18-21-16(13-24-18)12-19-11-15-5-4-6-20-17(15)23-9-7-22(3)8-10-23;/h4-6,13-14,19H,7-12H2,1-3H3;1H. The number of likely N-dealkylation sites (N-methyl/N-ethyl adjacent to an activating group) is 1. The zero-order chi connectivity index (χ0) is 16.9. The lowest BCUT2D eigenvalue weighted by molar-refractivity contribution is 0.311. The first-order chi connectivity index (χ1) is 11.6. The highest BCUT2D eigenvalue weighted by Gasteiger charge is 2.17. The number of rotatable bonds is 6. The minimum Gasteiger partial charge on any atom is -0.354 e. The van der Waals surface area contributed by atoms with Gasteiger partial charge in [-0.15, -0.1) is 23.7 Å². The summed E-state index contributed by atoms with van der Waals surface area (Å²) in [5.74, 6) is 1.63. The molecule has 0 radical (unpaired) electrons. The van der Waals surface area contributed by atoms with Crippen molar-refractivity contribution in [2.45, 2.75) is 32.9 Å². The zero-order valence-corrected chi connectivity index (χ0v) is 16.9. The number of nitrogens with zero attached hydrogens (tertiary/aromatic N) is 4. The van der Waals surface area contributed by atoms with Crippen molar-refractivity contribution in [1.29, 1.82) is 0 Å². The van der Waals surface area contributed by atoms with Crippen LogP contribution in [0.2, 0.25) is 0 Å². The molecule has 1 fully saturated rings. The van der Waals surface area contributed by atoms with Gasteiger partial charge in [-0.1, -0.05) is 19.9 Å². The van der Waals surface area contributed by atoms with Gasteiger partial charge >= 0.3 is 0 Å². The molecule has 1 N–H and O–H groups in total. The van der Waals surface area contributed by atoms with E-state index in [4.69, 9.17) is 0 Å². The average Bonchev–Trinajstić information content (AvgIpc) is 3.05. The van der Waals surface area contributed by atoms with Crippen molar-refractivity contribution in [1.82, 2.24) is 20.2 Å². The number of hydrogen-bond acceptors (Lipinski definition) is 6. The van der Waals surface area contributed by atoms with Gasteiger partial charge in [0, 0.05) is 62.3 Å². The molecule has 0 bridgehead atoms. The van der Waals surface area contributed by atoms with Gasteiger partial charge in [0.25, 0.3) is 0 Å². The molecule has 5 nitrogen and oxygen atoms in total. The van der Waals surface area contributed by atoms with Crippen molar-refractivity contribution in [2.24, 2.45) is 0 Å². The third kappa shape index (κ3) is 5.38. The van der Waals surface area contributed by atoms with Gasteiger partial charge in [0.15, 0.2) is 0 Å². The molecule has 0 spiro atoms. The molecule has 3 heterocycles. The Morgan fingerprint density at radius 2 is 1.96 bits per heavy atom. The quantitative estimate of drug-likeness (QED) is 0.832. The minimum absolute atomic E-state index is 0. The molecular formula is C18H28ClN5S. The minimum atomic E-state index is 0. The van der Waals surface area contributed by atoms with E-state index in [1.54, 1.807) is 11.3 Å². The van der Waals surface area contributed by atoms with Crippen LogP contribution >= 0.6 is 23.7 Å². The highest BCUT2D eigenvalue weighted by atomic mass is 35.5. The summed E-state index contributed by atoms with van der Waals surface area (Å²) in [5, 5.41) is 6.90. The van der Waals surface area contributed by atoms with E-state index in [2.05, 4.69) is 57.4 Å². The van der Waals surface area contributed by atoms with Crippen molar-refractivity contribution in [3.8, 4) is 0 Å². The van der Waals surface area contributed by atoms with E-state index in [0.29, 0.717) is 5.92 Å². The fourth-order valence-electron chi connectivity index (χ4n) is 2.87. The smallest absolute Gasteiger partial charge is 0.133 e. The normalized spacial score (nSPS) is 15.4. The fourth-order valence-corrected chi connectivity index (χ4v) is 3.70. The lowest BCUT2D eigenvalue weighted by Gasteiger charge is -2.34. The van der Waals surface area contributed by atoms with Crippen LogP contribution in [0.5, 0.6) is 0 Å². The summed E-state index contributed by atoms with van der Waals surface area (Å²) in [4.78, 5) is 14.1. The molecule has 2 aromatic heterocycles. The summed E-state index contributed by atoms with van der Waals surface area (Å²) < 4.78 is 0. The Kier molecular flexibility index (Phi) is 7.62. The van der Waals surface area contributed by atoms with E-state index in [1.807, 2.05) is 12.3 Å². The van der Waals surface area contributed by atoms with Crippen LogP contribution < -0.4 is 10.2 Å². The van der Waals surface area contributed by atoms with E-state index in [-0.39, 0.29) is 12.4 Å². The van der Waals surface area contributed by atoms with Crippen LogP contribution in [-0.4, -0.2) is 48.1 Å². The number of aromatic nitrogens is 2. The van der Waals surface area contributed by atoms with Gasteiger partial charge in [0.05, 0.1) is 10.7 Å². The second kappa shape index (κ2) is 9.48. The number of hydrogen-bond donors (Lipinski definition) is 1. The number of anilines is 1. The molecule has 0 saturated carbocycles. The molecule has 0 aromatic carbocycles. The SMILES string of the molecule is CC(C)c1nc(CNCc2cccnc2N2CCN(C)CC2)cs1.Cl. The van der Waals surface area contributed by atoms with Gasteiger partial charge in [0.2, 0.25) is 0 Å². The summed E-state index contributed by atoms with van der Waals surface area (Å²) in [6.45, 7) is 10.3. The van der Waals surface area contributed by atoms with Crippen molar-refractivity contribution in [3.63, 3.8) is 0 Å². The second-order valence-electron chi connectivity index (χ2n) is 6.71. The molecular weight excluding hydrogens is 354 g/mol. The highest BCUT2D eigenvalue weighted by Crippen LogP contribution is 2.20. The van der Waals surface area contributed by atoms with E-state index in [1.165, 1.54) is 10.6 Å². The fraction of sp³-hybridized carbons (Fsp3) is 0.556. The van der Waals surface area contributed by atoms with Crippen LogP contribution in [0.4, 0.5) is 5.82 Å². The molecule has 3 rings (SSSR count). The number of nitrogens with one attached hydrogen (secondary N) is 1. The van der Waals surface area contributed by atoms with Crippen LogP contribution in [0.15, 0.2) is 23.7 Å². The Hall–Kier alpha value is -1.21. The molecule has 0 atom stereocenters. The molecule has 0 unspecified atom stereocenters. The van der Waals surface area contributed by atoms with E-state index < -0.39 is 0 Å². The summed E-state index contributed by atoms with van der Waals surface area (Å²) >= 11 is 1.75. The summed E-state index contributed by atoms with van der Waals surface area (Å²) in [7, 11) is 2.18. The summed E-state index contributed by atoms with van der Waals surface area (Å²) in [5.41, 5.74) is 2.40. The molecule has 0 amide bonds.